The molecule has 6 heteroatoms. The Kier molecular flexibility index (Phi) is 4.28. The lowest BCUT2D eigenvalue weighted by atomic mass is 10.0. The first-order valence-corrected chi connectivity index (χ1v) is 10.6. The number of H-pyrrole nitrogens is 2. The molecule has 0 fully saturated rings. The highest BCUT2D eigenvalue weighted by Gasteiger charge is 2.10. The van der Waals surface area contributed by atoms with E-state index in [0.29, 0.717) is 6.54 Å². The average Bonchev–Trinajstić information content (AvgIpc) is 3.43. The quantitative estimate of drug-likeness (QED) is 0.302. The maximum Gasteiger partial charge on any atom is 0.221 e. The Hall–Kier alpha value is -4.32. The zero-order chi connectivity index (χ0) is 21.5. The van der Waals surface area contributed by atoms with Gasteiger partial charge in [-0.05, 0) is 52.9 Å². The van der Waals surface area contributed by atoms with Gasteiger partial charge in [0, 0.05) is 58.2 Å². The molecule has 0 aliphatic rings. The molecule has 0 saturated heterocycles. The third-order valence-corrected chi connectivity index (χ3v) is 5.93. The van der Waals surface area contributed by atoms with Crippen molar-refractivity contribution in [3.8, 4) is 0 Å². The number of para-hydroxylation sites is 1. The molecule has 0 unspecified atom stereocenters. The number of nitrogens with two attached hydrogens (primary N) is 1. The van der Waals surface area contributed by atoms with Crippen LogP contribution in [-0.2, 0) is 13.0 Å². The normalized spacial score (nSPS) is 11.5. The van der Waals surface area contributed by atoms with Crippen molar-refractivity contribution in [2.45, 2.75) is 13.0 Å². The lowest BCUT2D eigenvalue weighted by Gasteiger charge is -2.12. The summed E-state index contributed by atoms with van der Waals surface area (Å²) in [6, 6.07) is 23.4. The highest BCUT2D eigenvalue weighted by atomic mass is 15.1. The molecule has 6 aromatic rings. The number of rotatable bonds is 5. The van der Waals surface area contributed by atoms with Gasteiger partial charge in [0.1, 0.15) is 5.82 Å². The van der Waals surface area contributed by atoms with Crippen LogP contribution in [0.4, 0.5) is 11.8 Å². The maximum absolute atomic E-state index is 5.90. The van der Waals surface area contributed by atoms with E-state index in [1.54, 1.807) is 0 Å². The SMILES string of the molecule is Nc1ncc(Cc2ccc3[nH]ccc3c2)c(NCc2ccc3[nH]c4ccccc4c3c2)n1. The zero-order valence-electron chi connectivity index (χ0n) is 17.4. The minimum Gasteiger partial charge on any atom is -0.368 e. The number of nitrogens with one attached hydrogen (secondary N) is 3. The monoisotopic (exact) mass is 418 g/mol. The molecule has 32 heavy (non-hydrogen) atoms. The molecule has 5 N–H and O–H groups in total. The van der Waals surface area contributed by atoms with Crippen molar-refractivity contribution in [2.24, 2.45) is 0 Å². The third kappa shape index (κ3) is 3.32. The molecule has 6 nitrogen and oxygen atoms in total. The van der Waals surface area contributed by atoms with E-state index in [2.05, 4.69) is 92.0 Å². The minimum atomic E-state index is 0.268. The molecule has 0 saturated carbocycles. The molecule has 3 heterocycles. The number of aromatic nitrogens is 4. The highest BCUT2D eigenvalue weighted by molar-refractivity contribution is 6.07. The number of fused-ring (bicyclic) bond motifs is 4. The van der Waals surface area contributed by atoms with Crippen molar-refractivity contribution in [1.82, 2.24) is 19.9 Å². The number of nitrogens with zero attached hydrogens (tertiary/aromatic N) is 2. The van der Waals surface area contributed by atoms with Crippen LogP contribution in [0.2, 0.25) is 0 Å². The van der Waals surface area contributed by atoms with Gasteiger partial charge in [0.25, 0.3) is 0 Å². The van der Waals surface area contributed by atoms with E-state index in [1.165, 1.54) is 27.3 Å². The molecule has 3 aromatic carbocycles. The minimum absolute atomic E-state index is 0.268. The first kappa shape index (κ1) is 18.4. The number of benzene rings is 3. The molecule has 0 bridgehead atoms. The van der Waals surface area contributed by atoms with Gasteiger partial charge in [-0.2, -0.15) is 4.98 Å². The molecular formula is C26H22N6. The van der Waals surface area contributed by atoms with Crippen LogP contribution >= 0.6 is 0 Å². The summed E-state index contributed by atoms with van der Waals surface area (Å²) in [6.45, 7) is 0.649. The number of anilines is 2. The van der Waals surface area contributed by atoms with Crippen LogP contribution in [0.5, 0.6) is 0 Å². The van der Waals surface area contributed by atoms with Crippen LogP contribution in [0.15, 0.2) is 79.1 Å². The van der Waals surface area contributed by atoms with Gasteiger partial charge in [-0.15, -0.1) is 0 Å². The van der Waals surface area contributed by atoms with E-state index in [4.69, 9.17) is 5.73 Å². The Morgan fingerprint density at radius 3 is 2.66 bits per heavy atom. The molecule has 0 radical (unpaired) electrons. The fourth-order valence-corrected chi connectivity index (χ4v) is 4.33. The summed E-state index contributed by atoms with van der Waals surface area (Å²) >= 11 is 0. The largest absolute Gasteiger partial charge is 0.368 e. The molecule has 0 amide bonds. The first-order chi connectivity index (χ1) is 15.7. The maximum atomic E-state index is 5.90. The number of aromatic amines is 2. The lowest BCUT2D eigenvalue weighted by molar-refractivity contribution is 1.04. The van der Waals surface area contributed by atoms with Gasteiger partial charge < -0.3 is 21.0 Å². The van der Waals surface area contributed by atoms with Crippen molar-refractivity contribution in [3.05, 3.63) is 95.8 Å². The second-order valence-corrected chi connectivity index (χ2v) is 8.08. The summed E-state index contributed by atoms with van der Waals surface area (Å²) in [5, 5.41) is 7.13. The van der Waals surface area contributed by atoms with Crippen LogP contribution in [-0.4, -0.2) is 19.9 Å². The van der Waals surface area contributed by atoms with Gasteiger partial charge in [0.2, 0.25) is 5.95 Å². The van der Waals surface area contributed by atoms with E-state index < -0.39 is 0 Å². The molecule has 0 aliphatic heterocycles. The van der Waals surface area contributed by atoms with E-state index in [0.717, 1.165) is 34.4 Å². The van der Waals surface area contributed by atoms with Crippen molar-refractivity contribution < 1.29 is 0 Å². The van der Waals surface area contributed by atoms with Crippen molar-refractivity contribution in [2.75, 3.05) is 11.1 Å². The summed E-state index contributed by atoms with van der Waals surface area (Å²) in [7, 11) is 0. The topological polar surface area (TPSA) is 95.4 Å². The van der Waals surface area contributed by atoms with Crippen LogP contribution in [0, 0.1) is 0 Å². The van der Waals surface area contributed by atoms with Crippen molar-refractivity contribution >= 4 is 44.5 Å². The second kappa shape index (κ2) is 7.42. The molecular weight excluding hydrogens is 396 g/mol. The summed E-state index contributed by atoms with van der Waals surface area (Å²) < 4.78 is 0. The smallest absolute Gasteiger partial charge is 0.221 e. The van der Waals surface area contributed by atoms with Crippen molar-refractivity contribution in [3.63, 3.8) is 0 Å². The Balaban J connectivity index is 1.28. The van der Waals surface area contributed by atoms with E-state index in [1.807, 2.05) is 12.4 Å². The van der Waals surface area contributed by atoms with Crippen LogP contribution in [0.1, 0.15) is 16.7 Å². The van der Waals surface area contributed by atoms with E-state index in [-0.39, 0.29) is 5.95 Å². The van der Waals surface area contributed by atoms with Gasteiger partial charge in [0.05, 0.1) is 0 Å². The van der Waals surface area contributed by atoms with Gasteiger partial charge >= 0.3 is 0 Å². The molecule has 0 spiro atoms. The zero-order valence-corrected chi connectivity index (χ0v) is 17.4. The van der Waals surface area contributed by atoms with Gasteiger partial charge in [0.15, 0.2) is 0 Å². The molecule has 3 aromatic heterocycles. The predicted molar refractivity (Wildman–Crippen MR) is 131 cm³/mol. The number of hydrogen-bond donors (Lipinski definition) is 4. The van der Waals surface area contributed by atoms with Crippen LogP contribution in [0.3, 0.4) is 0 Å². The summed E-state index contributed by atoms with van der Waals surface area (Å²) in [5.41, 5.74) is 12.7. The van der Waals surface area contributed by atoms with Gasteiger partial charge in [-0.3, -0.25) is 0 Å². The molecule has 6 rings (SSSR count). The van der Waals surface area contributed by atoms with Crippen molar-refractivity contribution in [1.29, 1.82) is 0 Å². The molecule has 0 aliphatic carbocycles. The summed E-state index contributed by atoms with van der Waals surface area (Å²) in [4.78, 5) is 15.4. The average molecular weight is 419 g/mol. The second-order valence-electron chi connectivity index (χ2n) is 8.08. The van der Waals surface area contributed by atoms with Crippen LogP contribution < -0.4 is 11.1 Å². The van der Waals surface area contributed by atoms with Crippen LogP contribution in [0.25, 0.3) is 32.7 Å². The standard InChI is InChI=1S/C26H22N6/c27-26-30-15-19(12-16-5-7-22-18(11-16)9-10-28-22)25(32-26)29-14-17-6-8-24-21(13-17)20-3-1-2-4-23(20)31-24/h1-11,13,15,28,31H,12,14H2,(H3,27,29,30,32). The third-order valence-electron chi connectivity index (χ3n) is 5.93. The number of nitrogen functional groups attached to an aromatic ring is 1. The Morgan fingerprint density at radius 2 is 1.69 bits per heavy atom. The summed E-state index contributed by atoms with van der Waals surface area (Å²) in [5.74, 6) is 1.04. The summed E-state index contributed by atoms with van der Waals surface area (Å²) in [6.07, 6.45) is 4.50. The van der Waals surface area contributed by atoms with E-state index >= 15 is 0 Å². The Bertz CT molecular complexity index is 1580. The Labute approximate surface area is 184 Å². The first-order valence-electron chi connectivity index (χ1n) is 10.6. The predicted octanol–water partition coefficient (Wildman–Crippen LogP) is 5.38. The van der Waals surface area contributed by atoms with Gasteiger partial charge in [-0.1, -0.05) is 30.3 Å². The number of hydrogen-bond acceptors (Lipinski definition) is 4. The molecule has 156 valence electrons. The fraction of sp³-hybridized carbons (Fsp3) is 0.0769. The molecule has 0 atom stereocenters. The van der Waals surface area contributed by atoms with Gasteiger partial charge in [-0.25, -0.2) is 4.98 Å². The Morgan fingerprint density at radius 1 is 0.844 bits per heavy atom. The van der Waals surface area contributed by atoms with E-state index in [9.17, 15) is 0 Å². The fourth-order valence-electron chi connectivity index (χ4n) is 4.33. The highest BCUT2D eigenvalue weighted by Crippen LogP contribution is 2.27. The lowest BCUT2D eigenvalue weighted by Crippen LogP contribution is -2.08.